The predicted molar refractivity (Wildman–Crippen MR) is 121 cm³/mol. The molecule has 32 heavy (non-hydrogen) atoms. The largest absolute Gasteiger partial charge is 0.481 e. The molecule has 0 aliphatic carbocycles. The second kappa shape index (κ2) is 9.08. The molecule has 1 aromatic carbocycles. The van der Waals surface area contributed by atoms with E-state index in [9.17, 15) is 9.18 Å². The van der Waals surface area contributed by atoms with Crippen molar-refractivity contribution in [3.8, 4) is 5.88 Å². The fourth-order valence-electron chi connectivity index (χ4n) is 4.08. The Morgan fingerprint density at radius 2 is 2.12 bits per heavy atom. The van der Waals surface area contributed by atoms with Crippen molar-refractivity contribution in [1.82, 2.24) is 14.8 Å². The van der Waals surface area contributed by atoms with Crippen LogP contribution in [0.1, 0.15) is 47.9 Å². The summed E-state index contributed by atoms with van der Waals surface area (Å²) in [5, 5.41) is 8.08. The molecule has 0 saturated carbocycles. The van der Waals surface area contributed by atoms with Crippen molar-refractivity contribution in [3.63, 3.8) is 0 Å². The maximum atomic E-state index is 14.9. The van der Waals surface area contributed by atoms with E-state index in [0.717, 1.165) is 41.3 Å². The van der Waals surface area contributed by atoms with Gasteiger partial charge in [0.2, 0.25) is 5.88 Å². The molecule has 1 saturated heterocycles. The first kappa shape index (κ1) is 22.0. The summed E-state index contributed by atoms with van der Waals surface area (Å²) in [6.45, 7) is 6.15. The summed E-state index contributed by atoms with van der Waals surface area (Å²) in [6, 6.07) is 5.37. The van der Waals surface area contributed by atoms with Gasteiger partial charge in [-0.2, -0.15) is 5.10 Å². The zero-order valence-corrected chi connectivity index (χ0v) is 18.7. The molecule has 1 aliphatic rings. The number of carbonyl (C=O) groups is 1. The van der Waals surface area contributed by atoms with E-state index in [0.29, 0.717) is 29.4 Å². The number of aryl methyl sites for hydroxylation is 3. The molecule has 0 bridgehead atoms. The molecule has 4 rings (SSSR count). The van der Waals surface area contributed by atoms with Gasteiger partial charge in [0, 0.05) is 18.1 Å². The van der Waals surface area contributed by atoms with E-state index in [-0.39, 0.29) is 6.23 Å². The van der Waals surface area contributed by atoms with E-state index < -0.39 is 11.7 Å². The van der Waals surface area contributed by atoms with Crippen LogP contribution in [0.15, 0.2) is 30.2 Å². The van der Waals surface area contributed by atoms with Crippen molar-refractivity contribution >= 4 is 28.6 Å². The Hall–Kier alpha value is -3.26. The van der Waals surface area contributed by atoms with E-state index in [1.165, 1.54) is 13.2 Å². The average molecular weight is 439 g/mol. The van der Waals surface area contributed by atoms with Gasteiger partial charge >= 0.3 is 0 Å². The van der Waals surface area contributed by atoms with Gasteiger partial charge in [-0.1, -0.05) is 12.1 Å². The van der Waals surface area contributed by atoms with Crippen molar-refractivity contribution in [2.24, 2.45) is 0 Å². The monoisotopic (exact) mass is 438 g/mol. The smallest absolute Gasteiger partial charge is 0.284 e. The van der Waals surface area contributed by atoms with E-state index in [1.807, 2.05) is 17.7 Å². The van der Waals surface area contributed by atoms with E-state index >= 15 is 0 Å². The third kappa shape index (κ3) is 4.23. The van der Waals surface area contributed by atoms with Gasteiger partial charge in [-0.25, -0.2) is 14.1 Å². The fraction of sp³-hybridized carbons (Fsp3) is 0.375. The minimum atomic E-state index is -0.887. The van der Waals surface area contributed by atoms with Crippen LogP contribution in [0.2, 0.25) is 0 Å². The van der Waals surface area contributed by atoms with E-state index in [2.05, 4.69) is 15.4 Å². The van der Waals surface area contributed by atoms with E-state index in [4.69, 9.17) is 9.47 Å². The zero-order valence-electron chi connectivity index (χ0n) is 18.7. The summed E-state index contributed by atoms with van der Waals surface area (Å²) < 4.78 is 27.8. The first-order valence-electron chi connectivity index (χ1n) is 10.7. The Morgan fingerprint density at radius 1 is 1.31 bits per heavy atom. The number of hydrogen-bond acceptors (Lipinski definition) is 5. The molecule has 1 unspecified atom stereocenters. The second-order valence-electron chi connectivity index (χ2n) is 8.02. The van der Waals surface area contributed by atoms with Gasteiger partial charge in [0.15, 0.2) is 12.1 Å². The molecule has 3 heterocycles. The number of anilines is 1. The van der Waals surface area contributed by atoms with Crippen LogP contribution in [0.4, 0.5) is 10.1 Å². The number of methoxy groups -OCH3 is 1. The Balaban J connectivity index is 1.62. The van der Waals surface area contributed by atoms with Crippen LogP contribution in [0.5, 0.6) is 5.88 Å². The Kier molecular flexibility index (Phi) is 6.23. The topological polar surface area (TPSA) is 78.3 Å². The maximum absolute atomic E-state index is 14.9. The van der Waals surface area contributed by atoms with Gasteiger partial charge in [-0.05, 0) is 62.8 Å². The summed E-state index contributed by atoms with van der Waals surface area (Å²) in [4.78, 5) is 16.8. The first-order chi connectivity index (χ1) is 15.4. The quantitative estimate of drug-likeness (QED) is 0.567. The number of carbonyl (C=O) groups excluding carboxylic acids is 1. The zero-order chi connectivity index (χ0) is 22.8. The highest BCUT2D eigenvalue weighted by atomic mass is 19.1. The van der Waals surface area contributed by atoms with Crippen molar-refractivity contribution in [3.05, 3.63) is 52.6 Å². The predicted octanol–water partition coefficient (Wildman–Crippen LogP) is 5.01. The number of ether oxygens (including phenoxy) is 2. The Bertz CT molecular complexity index is 1170. The van der Waals surface area contributed by atoms with Crippen molar-refractivity contribution in [2.45, 2.75) is 46.3 Å². The normalized spacial score (nSPS) is 16.9. The third-order valence-electron chi connectivity index (χ3n) is 5.80. The van der Waals surface area contributed by atoms with E-state index in [1.54, 1.807) is 32.2 Å². The van der Waals surface area contributed by atoms with Gasteiger partial charge < -0.3 is 14.8 Å². The van der Waals surface area contributed by atoms with Crippen molar-refractivity contribution in [1.29, 1.82) is 0 Å². The third-order valence-corrected chi connectivity index (χ3v) is 5.80. The first-order valence-corrected chi connectivity index (χ1v) is 10.7. The number of fused-ring (bicyclic) bond motifs is 1. The van der Waals surface area contributed by atoms with Crippen LogP contribution in [0.25, 0.3) is 17.0 Å². The number of aromatic nitrogens is 3. The van der Waals surface area contributed by atoms with Crippen LogP contribution in [-0.2, 0) is 9.53 Å². The van der Waals surface area contributed by atoms with Gasteiger partial charge in [0.1, 0.15) is 0 Å². The number of benzene rings is 1. The van der Waals surface area contributed by atoms with Gasteiger partial charge in [-0.3, -0.25) is 4.79 Å². The summed E-state index contributed by atoms with van der Waals surface area (Å²) in [6.07, 6.45) is 5.94. The van der Waals surface area contributed by atoms with Crippen molar-refractivity contribution in [2.75, 3.05) is 19.0 Å². The lowest BCUT2D eigenvalue weighted by Gasteiger charge is -2.24. The Labute approximate surface area is 186 Å². The highest BCUT2D eigenvalue weighted by Crippen LogP contribution is 2.30. The second-order valence-corrected chi connectivity index (χ2v) is 8.02. The Morgan fingerprint density at radius 3 is 2.81 bits per heavy atom. The molecule has 1 amide bonds. The van der Waals surface area contributed by atoms with Gasteiger partial charge in [0.05, 0.1) is 30.2 Å². The van der Waals surface area contributed by atoms with Crippen molar-refractivity contribution < 1.29 is 18.7 Å². The highest BCUT2D eigenvalue weighted by Gasteiger charge is 2.21. The summed E-state index contributed by atoms with van der Waals surface area (Å²) >= 11 is 0. The lowest BCUT2D eigenvalue weighted by atomic mass is 10.0. The summed E-state index contributed by atoms with van der Waals surface area (Å²) in [5.74, 6) is -1.27. The van der Waals surface area contributed by atoms with Crippen LogP contribution < -0.4 is 10.1 Å². The molecule has 2 aromatic heterocycles. The minimum absolute atomic E-state index is 0.124. The molecular weight excluding hydrogens is 411 g/mol. The SMILES string of the molecule is COc1cc(C)c(NC(=O)/C(F)=C/c2ccc3cnn(C4CCCCO4)c3c2C)c(C)n1. The lowest BCUT2D eigenvalue weighted by molar-refractivity contribution is -0.114. The number of pyridine rings is 1. The van der Waals surface area contributed by atoms with Crippen LogP contribution in [-0.4, -0.2) is 34.4 Å². The molecule has 3 aromatic rings. The lowest BCUT2D eigenvalue weighted by Crippen LogP contribution is -2.19. The molecule has 1 fully saturated rings. The van der Waals surface area contributed by atoms with Crippen LogP contribution in [0, 0.1) is 20.8 Å². The molecule has 0 radical (unpaired) electrons. The summed E-state index contributed by atoms with van der Waals surface area (Å²) in [7, 11) is 1.52. The number of hydrogen-bond donors (Lipinski definition) is 1. The highest BCUT2D eigenvalue weighted by molar-refractivity contribution is 6.06. The number of nitrogens with one attached hydrogen (secondary N) is 1. The van der Waals surface area contributed by atoms with Gasteiger partial charge in [0.25, 0.3) is 5.91 Å². The minimum Gasteiger partial charge on any atom is -0.481 e. The number of rotatable bonds is 5. The molecule has 0 spiro atoms. The molecule has 7 nitrogen and oxygen atoms in total. The number of halogens is 1. The number of nitrogens with zero attached hydrogens (tertiary/aromatic N) is 3. The van der Waals surface area contributed by atoms with Crippen LogP contribution in [0.3, 0.4) is 0 Å². The maximum Gasteiger partial charge on any atom is 0.284 e. The molecule has 1 aliphatic heterocycles. The van der Waals surface area contributed by atoms with Crippen LogP contribution >= 0.6 is 0 Å². The molecule has 8 heteroatoms. The summed E-state index contributed by atoms with van der Waals surface area (Å²) in [5.41, 5.74) is 4.12. The standard InChI is InChI=1S/C24H27FN4O3/c1-14-11-20(31-4)27-16(3)22(14)28-24(30)19(25)12-17-8-9-18-13-26-29(23(18)15(17)2)21-7-5-6-10-32-21/h8-9,11-13,21H,5-7,10H2,1-4H3,(H,28,30)/b19-12-. The fourth-order valence-corrected chi connectivity index (χ4v) is 4.08. The molecule has 1 atom stereocenters. The number of amides is 1. The van der Waals surface area contributed by atoms with Gasteiger partial charge in [-0.15, -0.1) is 0 Å². The molecule has 168 valence electrons. The average Bonchev–Trinajstić information content (AvgIpc) is 3.23. The molecule has 1 N–H and O–H groups in total. The molecular formula is C24H27FN4O3.